The minimum atomic E-state index is -0.365. The van der Waals surface area contributed by atoms with E-state index in [-0.39, 0.29) is 22.5 Å². The molecule has 0 spiro atoms. The fourth-order valence-corrected chi connectivity index (χ4v) is 6.06. The topological polar surface area (TPSA) is 63.6 Å². The molecule has 42 heavy (non-hydrogen) atoms. The van der Waals surface area contributed by atoms with Crippen molar-refractivity contribution in [3.05, 3.63) is 28.8 Å². The number of ketones is 1. The van der Waals surface area contributed by atoms with Gasteiger partial charge in [0.1, 0.15) is 18.1 Å². The molecular weight excluding hydrogens is 540 g/mol. The highest BCUT2D eigenvalue weighted by atomic mass is 32.2. The molecule has 0 aromatic heterocycles. The summed E-state index contributed by atoms with van der Waals surface area (Å²) in [4.78, 5) is 25.0. The first-order valence-electron chi connectivity index (χ1n) is 17.0. The van der Waals surface area contributed by atoms with Gasteiger partial charge in [-0.15, -0.1) is 0 Å². The van der Waals surface area contributed by atoms with Crippen molar-refractivity contribution in [2.24, 2.45) is 0 Å². The molecule has 1 aromatic carbocycles. The molecule has 0 radical (unpaired) electrons. The second kappa shape index (κ2) is 21.3. The number of phenolic OH excluding ortho intramolecular Hbond substituents is 1. The average Bonchev–Trinajstić information content (AvgIpc) is 2.91. The van der Waals surface area contributed by atoms with E-state index in [9.17, 15) is 14.7 Å². The lowest BCUT2D eigenvalue weighted by Crippen LogP contribution is -2.19. The molecule has 0 fully saturated rings. The Kier molecular flexibility index (Phi) is 19.5. The number of unbranched alkanes of at least 4 members (excludes halogenated alkanes) is 14. The first kappa shape index (κ1) is 38.5. The minimum absolute atomic E-state index is 0.260. The molecule has 1 aromatic rings. The SMILES string of the molecule is CCCCCCCCCCCCCCCCCC(=O)CCSCCOC(=O)c1cc(C(C)(C)C)c(O)c(C(C)(C)C)c1. The predicted molar refractivity (Wildman–Crippen MR) is 182 cm³/mol. The number of carbonyl (C=O) groups is 2. The van der Waals surface area contributed by atoms with Gasteiger partial charge >= 0.3 is 5.97 Å². The molecule has 0 saturated carbocycles. The Labute approximate surface area is 263 Å². The Morgan fingerprint density at radius 2 is 1.10 bits per heavy atom. The number of carbonyl (C=O) groups excluding carboxylic acids is 2. The molecule has 0 atom stereocenters. The van der Waals surface area contributed by atoms with Crippen LogP contribution < -0.4 is 0 Å². The standard InChI is InChI=1S/C37H64O4S/c1-8-9-10-11-12-13-14-15-16-17-18-19-20-21-22-23-31(38)24-26-42-27-25-41-35(40)30-28-32(36(2,3)4)34(39)33(29-30)37(5,6)7/h28-29,39H,8-27H2,1-7H3. The van der Waals surface area contributed by atoms with Gasteiger partial charge in [-0.05, 0) is 29.4 Å². The fraction of sp³-hybridized carbons (Fsp3) is 0.784. The van der Waals surface area contributed by atoms with E-state index < -0.39 is 0 Å². The number of esters is 1. The van der Waals surface area contributed by atoms with Crippen LogP contribution in [0.3, 0.4) is 0 Å². The van der Waals surface area contributed by atoms with Crippen LogP contribution in [0.4, 0.5) is 0 Å². The predicted octanol–water partition coefficient (Wildman–Crippen LogP) is 11.1. The summed E-state index contributed by atoms with van der Waals surface area (Å²) in [5.74, 6) is 1.69. The van der Waals surface area contributed by atoms with Crippen LogP contribution in [0.25, 0.3) is 0 Å². The third-order valence-electron chi connectivity index (χ3n) is 8.01. The molecular formula is C37H64O4S. The van der Waals surface area contributed by atoms with Gasteiger partial charge in [-0.3, -0.25) is 4.79 Å². The number of Topliss-reactive ketones (excluding diaryl/α,β-unsaturated/α-hetero) is 1. The molecule has 0 saturated heterocycles. The van der Waals surface area contributed by atoms with Crippen molar-refractivity contribution in [1.82, 2.24) is 0 Å². The Hall–Kier alpha value is -1.49. The van der Waals surface area contributed by atoms with Gasteiger partial charge in [0.15, 0.2) is 0 Å². The van der Waals surface area contributed by atoms with E-state index in [1.165, 1.54) is 83.5 Å². The maximum atomic E-state index is 12.8. The van der Waals surface area contributed by atoms with Crippen LogP contribution in [0.1, 0.15) is 179 Å². The first-order valence-corrected chi connectivity index (χ1v) is 18.2. The molecule has 0 aliphatic carbocycles. The average molecular weight is 605 g/mol. The van der Waals surface area contributed by atoms with Crippen LogP contribution in [-0.2, 0) is 20.4 Å². The van der Waals surface area contributed by atoms with Crippen molar-refractivity contribution >= 4 is 23.5 Å². The lowest BCUT2D eigenvalue weighted by Gasteiger charge is -2.27. The summed E-state index contributed by atoms with van der Waals surface area (Å²) < 4.78 is 5.54. The number of thioether (sulfide) groups is 1. The van der Waals surface area contributed by atoms with E-state index in [4.69, 9.17) is 4.74 Å². The van der Waals surface area contributed by atoms with E-state index in [1.54, 1.807) is 23.9 Å². The Balaban J connectivity index is 2.11. The number of phenols is 1. The van der Waals surface area contributed by atoms with Crippen molar-refractivity contribution in [2.45, 2.75) is 168 Å². The number of benzene rings is 1. The van der Waals surface area contributed by atoms with E-state index in [2.05, 4.69) is 6.92 Å². The van der Waals surface area contributed by atoms with Gasteiger partial charge in [-0.1, -0.05) is 138 Å². The minimum Gasteiger partial charge on any atom is -0.507 e. The molecule has 0 unspecified atom stereocenters. The van der Waals surface area contributed by atoms with Crippen LogP contribution in [0.15, 0.2) is 12.1 Å². The van der Waals surface area contributed by atoms with Gasteiger partial charge in [0.05, 0.1) is 5.56 Å². The van der Waals surface area contributed by atoms with E-state index in [0.717, 1.165) is 29.7 Å². The quantitative estimate of drug-likeness (QED) is 0.0994. The van der Waals surface area contributed by atoms with Crippen LogP contribution in [0.2, 0.25) is 0 Å². The Morgan fingerprint density at radius 1 is 0.667 bits per heavy atom. The number of hydrogen-bond acceptors (Lipinski definition) is 5. The van der Waals surface area contributed by atoms with Gasteiger partial charge in [-0.2, -0.15) is 11.8 Å². The zero-order chi connectivity index (χ0) is 31.4. The van der Waals surface area contributed by atoms with Gasteiger partial charge in [0, 0.05) is 35.5 Å². The monoisotopic (exact) mass is 604 g/mol. The Morgan fingerprint density at radius 3 is 1.52 bits per heavy atom. The lowest BCUT2D eigenvalue weighted by atomic mass is 9.78. The highest BCUT2D eigenvalue weighted by Gasteiger charge is 2.28. The van der Waals surface area contributed by atoms with Gasteiger partial charge in [0.25, 0.3) is 0 Å². The summed E-state index contributed by atoms with van der Waals surface area (Å²) >= 11 is 1.66. The second-order valence-corrected chi connectivity index (χ2v) is 15.4. The van der Waals surface area contributed by atoms with Gasteiger partial charge < -0.3 is 9.84 Å². The zero-order valence-corrected chi connectivity index (χ0v) is 29.2. The molecule has 0 aliphatic heterocycles. The summed E-state index contributed by atoms with van der Waals surface area (Å²) in [6.45, 7) is 14.8. The fourth-order valence-electron chi connectivity index (χ4n) is 5.28. The lowest BCUT2D eigenvalue weighted by molar-refractivity contribution is -0.118. The first-order chi connectivity index (χ1) is 19.9. The van der Waals surface area contributed by atoms with Gasteiger partial charge in [-0.25, -0.2) is 4.79 Å². The Bertz CT molecular complexity index is 859. The smallest absolute Gasteiger partial charge is 0.338 e. The molecule has 0 bridgehead atoms. The third-order valence-corrected chi connectivity index (χ3v) is 8.96. The van der Waals surface area contributed by atoms with Crippen molar-refractivity contribution in [1.29, 1.82) is 0 Å². The van der Waals surface area contributed by atoms with Crippen molar-refractivity contribution < 1.29 is 19.4 Å². The summed E-state index contributed by atoms with van der Waals surface area (Å²) in [7, 11) is 0. The zero-order valence-electron chi connectivity index (χ0n) is 28.4. The van der Waals surface area contributed by atoms with Crippen LogP contribution in [0, 0.1) is 0 Å². The molecule has 1 rings (SSSR count). The summed E-state index contributed by atoms with van der Waals surface area (Å²) in [6, 6.07) is 3.52. The second-order valence-electron chi connectivity index (χ2n) is 14.2. The van der Waals surface area contributed by atoms with Crippen molar-refractivity contribution in [2.75, 3.05) is 18.1 Å². The van der Waals surface area contributed by atoms with Crippen LogP contribution in [0.5, 0.6) is 5.75 Å². The molecule has 242 valence electrons. The number of hydrogen-bond donors (Lipinski definition) is 1. The maximum Gasteiger partial charge on any atom is 0.338 e. The summed E-state index contributed by atoms with van der Waals surface area (Å²) in [5, 5.41) is 10.9. The number of ether oxygens (including phenoxy) is 1. The summed E-state index contributed by atoms with van der Waals surface area (Å²) in [5.41, 5.74) is 1.39. The normalized spacial score (nSPS) is 12.1. The molecule has 5 heteroatoms. The summed E-state index contributed by atoms with van der Waals surface area (Å²) in [6.07, 6.45) is 21.3. The highest BCUT2D eigenvalue weighted by Crippen LogP contribution is 2.39. The molecule has 4 nitrogen and oxygen atoms in total. The maximum absolute atomic E-state index is 12.8. The molecule has 0 heterocycles. The van der Waals surface area contributed by atoms with Crippen molar-refractivity contribution in [3.8, 4) is 5.75 Å². The molecule has 1 N–H and O–H groups in total. The number of rotatable bonds is 23. The molecule has 0 aliphatic rings. The largest absolute Gasteiger partial charge is 0.507 e. The number of aromatic hydroxyl groups is 1. The van der Waals surface area contributed by atoms with Crippen LogP contribution >= 0.6 is 11.8 Å². The van der Waals surface area contributed by atoms with E-state index >= 15 is 0 Å². The van der Waals surface area contributed by atoms with E-state index in [0.29, 0.717) is 36.5 Å². The third kappa shape index (κ3) is 17.0. The van der Waals surface area contributed by atoms with Gasteiger partial charge in [0.2, 0.25) is 0 Å². The molecule has 0 amide bonds. The van der Waals surface area contributed by atoms with E-state index in [1.807, 2.05) is 41.5 Å². The highest BCUT2D eigenvalue weighted by molar-refractivity contribution is 7.99. The van der Waals surface area contributed by atoms with Crippen molar-refractivity contribution in [3.63, 3.8) is 0 Å². The van der Waals surface area contributed by atoms with Crippen LogP contribution in [-0.4, -0.2) is 35.0 Å².